The monoisotopic (exact) mass is 800 g/mol. The Morgan fingerprint density at radius 1 is 0.325 bits per heavy atom. The molecule has 0 aliphatic rings. The van der Waals surface area contributed by atoms with Crippen LogP contribution in [0.5, 0.6) is 0 Å². The van der Waals surface area contributed by atoms with Gasteiger partial charge < -0.3 is 82.9 Å². The van der Waals surface area contributed by atoms with E-state index in [1.54, 1.807) is 0 Å². The third-order valence-corrected chi connectivity index (χ3v) is 7.54. The Kier molecular flexibility index (Phi) is 39.9. The second kappa shape index (κ2) is 25.1. The van der Waals surface area contributed by atoms with Crippen molar-refractivity contribution in [3.8, 4) is 0 Å². The van der Waals surface area contributed by atoms with Crippen LogP contribution in [0.4, 0.5) is 0 Å². The summed E-state index contributed by atoms with van der Waals surface area (Å²) in [7, 11) is -41.7. The molecule has 0 saturated heterocycles. The third kappa shape index (κ3) is 90.2. The molecule has 0 fully saturated rings. The van der Waals surface area contributed by atoms with Gasteiger partial charge in [-0.2, -0.15) is 8.62 Å². The number of rotatable bonds is 8. The minimum absolute atomic E-state index is 0. The second-order valence-electron chi connectivity index (χ2n) is 4.16. The molecular weight excluding hydrogens is 788 g/mol. The molecule has 0 heterocycles. The molecule has 40 heavy (non-hydrogen) atoms. The SMILES string of the molecule is O=P(O)(O)OP(=O)(O)O.O=P(O)(O)OP(=O)(O)O.O=P([O-])(O)OP(=O)(O)O.O=P([O-])([O-])OP(=O)([O-])O.[Na+].[Na+].[Na+].[Na+]. The van der Waals surface area contributed by atoms with Crippen molar-refractivity contribution < 1.29 is 250 Å². The van der Waals surface area contributed by atoms with E-state index < -0.39 is 62.6 Å². The first-order valence-corrected chi connectivity index (χ1v) is 18.2. The summed E-state index contributed by atoms with van der Waals surface area (Å²) in [5.41, 5.74) is 0. The first kappa shape index (κ1) is 63.7. The van der Waals surface area contributed by atoms with Crippen LogP contribution in [-0.2, 0) is 53.8 Å². The van der Waals surface area contributed by atoms with Gasteiger partial charge in [-0.15, -0.1) is 0 Å². The van der Waals surface area contributed by atoms with Crippen LogP contribution in [-0.4, -0.2) is 58.7 Å². The molecule has 2 atom stereocenters. The molecule has 0 saturated carbocycles. The van der Waals surface area contributed by atoms with Gasteiger partial charge in [0.25, 0.3) is 15.6 Å². The zero-order chi connectivity index (χ0) is 30.8. The molecule has 0 aliphatic heterocycles. The van der Waals surface area contributed by atoms with Gasteiger partial charge in [0.05, 0.1) is 7.82 Å². The first-order chi connectivity index (χ1) is 14.8. The topological polar surface area (TPSA) is 508 Å². The second-order valence-corrected chi connectivity index (χ2v) is 14.5. The van der Waals surface area contributed by atoms with E-state index in [0.29, 0.717) is 0 Å². The Hall–Kier alpha value is 5.04. The van der Waals surface area contributed by atoms with Gasteiger partial charge in [-0.3, -0.25) is 13.4 Å². The van der Waals surface area contributed by atoms with Crippen LogP contribution < -0.4 is 138 Å². The molecule has 0 aromatic heterocycles. The van der Waals surface area contributed by atoms with Gasteiger partial charge in [-0.05, 0) is 0 Å². The standard InChI is InChI=1S/4Na.4H4O7P2/c;;;;4*1-8(2,3)7-9(4,5)6/h;;;;4*(H2,1,2,3)(H2,4,5,6)/q4*+1;;;;/p-4. The summed E-state index contributed by atoms with van der Waals surface area (Å²) in [5.74, 6) is 0. The summed E-state index contributed by atoms with van der Waals surface area (Å²) in [6, 6.07) is 0. The molecule has 0 amide bonds. The van der Waals surface area contributed by atoms with Gasteiger partial charge >= 0.3 is 157 Å². The van der Waals surface area contributed by atoms with E-state index in [-0.39, 0.29) is 118 Å². The van der Waals surface area contributed by atoms with Gasteiger partial charge in [0.15, 0.2) is 0 Å². The van der Waals surface area contributed by atoms with Crippen LogP contribution in [0, 0.1) is 0 Å². The minimum Gasteiger partial charge on any atom is -0.790 e. The summed E-state index contributed by atoms with van der Waals surface area (Å²) >= 11 is 0. The number of phosphoric acid groups is 8. The van der Waals surface area contributed by atoms with E-state index in [4.69, 9.17) is 58.7 Å². The molecule has 0 aromatic rings. The largest absolute Gasteiger partial charge is 1.00 e. The number of hydrogen-bond acceptors (Lipinski definition) is 16. The van der Waals surface area contributed by atoms with Gasteiger partial charge in [-0.25, -0.2) is 27.1 Å². The van der Waals surface area contributed by atoms with Gasteiger partial charge in [0.1, 0.15) is 0 Å². The fraction of sp³-hybridized carbons (Fsp3) is 0. The summed E-state index contributed by atoms with van der Waals surface area (Å²) in [6.07, 6.45) is 0. The predicted octanol–water partition coefficient (Wildman–Crippen LogP) is -17.8. The summed E-state index contributed by atoms with van der Waals surface area (Å²) in [6.45, 7) is 0. The van der Waals surface area contributed by atoms with Crippen molar-refractivity contribution >= 4 is 62.6 Å². The van der Waals surface area contributed by atoms with Gasteiger partial charge in [0.2, 0.25) is 0 Å². The van der Waals surface area contributed by atoms with E-state index in [0.717, 1.165) is 0 Å². The quantitative estimate of drug-likeness (QED) is 0.0801. The first-order valence-electron chi connectivity index (χ1n) is 6.05. The maximum absolute atomic E-state index is 9.63. The van der Waals surface area contributed by atoms with Crippen LogP contribution in [0.1, 0.15) is 0 Å². The molecular formula is H12Na4O28P8. The summed E-state index contributed by atoms with van der Waals surface area (Å²) < 4.78 is 87.8. The van der Waals surface area contributed by atoms with Gasteiger partial charge in [-0.1, -0.05) is 0 Å². The molecule has 28 nitrogen and oxygen atoms in total. The molecule has 0 radical (unpaired) electrons. The van der Waals surface area contributed by atoms with Crippen LogP contribution >= 0.6 is 62.6 Å². The zero-order valence-electron chi connectivity index (χ0n) is 19.5. The Labute approximate surface area is 309 Å². The Morgan fingerprint density at radius 3 is 0.475 bits per heavy atom. The minimum atomic E-state index is -5.61. The molecule has 12 N–H and O–H groups in total. The molecule has 2 unspecified atom stereocenters. The van der Waals surface area contributed by atoms with Crippen molar-refractivity contribution in [1.29, 1.82) is 0 Å². The molecule has 40 heteroatoms. The molecule has 224 valence electrons. The van der Waals surface area contributed by atoms with E-state index in [1.807, 2.05) is 0 Å². The molecule has 0 rings (SSSR count). The average molecular weight is 800 g/mol. The average Bonchev–Trinajstić information content (AvgIpc) is 2.19. The van der Waals surface area contributed by atoms with Crippen LogP contribution in [0.25, 0.3) is 0 Å². The normalized spacial score (nSPS) is 14.8. The zero-order valence-corrected chi connectivity index (χ0v) is 34.6. The molecule has 0 bridgehead atoms. The Morgan fingerprint density at radius 2 is 0.475 bits per heavy atom. The van der Waals surface area contributed by atoms with Crippen molar-refractivity contribution in [3.05, 3.63) is 0 Å². The fourth-order valence-electron chi connectivity index (χ4n) is 0.538. The maximum Gasteiger partial charge on any atom is 1.00 e. The predicted molar refractivity (Wildman–Crippen MR) is 91.8 cm³/mol. The van der Waals surface area contributed by atoms with Crippen molar-refractivity contribution in [1.82, 2.24) is 0 Å². The fourth-order valence-corrected chi connectivity index (χ4v) is 4.84. The Balaban J connectivity index is -0.0000000551. The van der Waals surface area contributed by atoms with Crippen molar-refractivity contribution in [2.24, 2.45) is 0 Å². The maximum atomic E-state index is 9.63. The summed E-state index contributed by atoms with van der Waals surface area (Å²) in [4.78, 5) is 130. The van der Waals surface area contributed by atoms with Gasteiger partial charge in [0, 0.05) is 0 Å². The van der Waals surface area contributed by atoms with Crippen LogP contribution in [0.15, 0.2) is 0 Å². The van der Waals surface area contributed by atoms with E-state index in [2.05, 4.69) is 17.2 Å². The van der Waals surface area contributed by atoms with E-state index >= 15 is 0 Å². The molecule has 0 aromatic carbocycles. The van der Waals surface area contributed by atoms with Crippen molar-refractivity contribution in [2.45, 2.75) is 0 Å². The van der Waals surface area contributed by atoms with Crippen LogP contribution in [0.2, 0.25) is 0 Å². The van der Waals surface area contributed by atoms with Crippen molar-refractivity contribution in [3.63, 3.8) is 0 Å². The summed E-state index contributed by atoms with van der Waals surface area (Å²) in [5, 5.41) is 0. The number of hydrogen-bond donors (Lipinski definition) is 12. The third-order valence-electron chi connectivity index (χ3n) is 0.838. The molecule has 0 spiro atoms. The van der Waals surface area contributed by atoms with E-state index in [9.17, 15) is 56.1 Å². The smallest absolute Gasteiger partial charge is 0.790 e. The Bertz CT molecular complexity index is 776. The molecule has 0 aliphatic carbocycles. The van der Waals surface area contributed by atoms with E-state index in [1.165, 1.54) is 0 Å². The van der Waals surface area contributed by atoms with Crippen molar-refractivity contribution in [2.75, 3.05) is 0 Å². The van der Waals surface area contributed by atoms with Crippen LogP contribution in [0.3, 0.4) is 0 Å².